The third-order valence-corrected chi connectivity index (χ3v) is 6.84. The van der Waals surface area contributed by atoms with Crippen LogP contribution in [0.4, 0.5) is 5.82 Å². The second-order valence-corrected chi connectivity index (χ2v) is 9.11. The van der Waals surface area contributed by atoms with Crippen molar-refractivity contribution >= 4 is 43.1 Å². The van der Waals surface area contributed by atoms with Crippen LogP contribution >= 0.6 is 25.1 Å². The fraction of sp³-hybridized carbons (Fsp3) is 0.519. The molecule has 10 heteroatoms. The quantitative estimate of drug-likeness (QED) is 0.497. The Morgan fingerprint density at radius 2 is 1.76 bits per heavy atom. The van der Waals surface area contributed by atoms with Crippen LogP contribution in [-0.2, 0) is 4.79 Å². The molecule has 1 aliphatic heterocycles. The van der Waals surface area contributed by atoms with Crippen molar-refractivity contribution in [3.05, 3.63) is 46.1 Å². The minimum atomic E-state index is -0.129. The van der Waals surface area contributed by atoms with Crippen LogP contribution in [0, 0.1) is 24.2 Å². The summed E-state index contributed by atoms with van der Waals surface area (Å²) in [5.74, 6) is 0.938. The third kappa shape index (κ3) is 9.52. The number of phenolic OH excluding ortho intramolecular Hbond substituents is 1. The second-order valence-electron chi connectivity index (χ2n) is 8.73. The number of hydrogen-bond acceptors (Lipinski definition) is 7. The Balaban J connectivity index is 0.000000414. The van der Waals surface area contributed by atoms with E-state index in [9.17, 15) is 9.59 Å². The highest BCUT2D eigenvalue weighted by molar-refractivity contribution is 7.59. The minimum absolute atomic E-state index is 0. The maximum absolute atomic E-state index is 12.2. The molecule has 37 heavy (non-hydrogen) atoms. The normalized spacial score (nSPS) is 15.5. The molecular weight excluding hydrogens is 510 g/mol. The van der Waals surface area contributed by atoms with Gasteiger partial charge in [0, 0.05) is 30.6 Å². The molecule has 2 fully saturated rings. The second kappa shape index (κ2) is 16.8. The standard InChI is InChI=1S/C17H24N4O2.C8H6ClNO.C2H6.H2S/c22-12-13-8-10-21(11-9-13)16-7-6-15(19-20-16)17(23)18-14-4-2-1-3-5-14;1-5-7(11)3-2-6(4-10)8(5)9;1-2;/h6-7,12-14H,1-5,8-11H2,(H,18,23);2-3,11H,1H3;1-2H3;1H2. The van der Waals surface area contributed by atoms with Crippen molar-refractivity contribution in [2.24, 2.45) is 5.92 Å². The van der Waals surface area contributed by atoms with E-state index >= 15 is 0 Å². The van der Waals surface area contributed by atoms with Crippen LogP contribution in [0.25, 0.3) is 0 Å². The maximum Gasteiger partial charge on any atom is 0.272 e. The highest BCUT2D eigenvalue weighted by Gasteiger charge is 2.21. The Kier molecular flexibility index (Phi) is 14.6. The molecule has 1 saturated heterocycles. The predicted molar refractivity (Wildman–Crippen MR) is 152 cm³/mol. The lowest BCUT2D eigenvalue weighted by atomic mass is 9.95. The van der Waals surface area contributed by atoms with Crippen molar-refractivity contribution < 1.29 is 14.7 Å². The number of benzene rings is 1. The van der Waals surface area contributed by atoms with Gasteiger partial charge in [-0.25, -0.2) is 0 Å². The van der Waals surface area contributed by atoms with Crippen LogP contribution in [0.3, 0.4) is 0 Å². The van der Waals surface area contributed by atoms with Crippen molar-refractivity contribution in [1.82, 2.24) is 15.5 Å². The van der Waals surface area contributed by atoms with Gasteiger partial charge in [0.05, 0.1) is 10.6 Å². The molecule has 4 rings (SSSR count). The van der Waals surface area contributed by atoms with E-state index in [0.717, 1.165) is 50.9 Å². The predicted octanol–water partition coefficient (Wildman–Crippen LogP) is 5.32. The number of carbonyl (C=O) groups excluding carboxylic acids is 2. The zero-order valence-electron chi connectivity index (χ0n) is 21.8. The number of aromatic hydroxyl groups is 1. The van der Waals surface area contributed by atoms with Crippen LogP contribution in [0.5, 0.6) is 5.75 Å². The number of rotatable bonds is 4. The van der Waals surface area contributed by atoms with Crippen LogP contribution in [0.2, 0.25) is 5.02 Å². The number of aldehydes is 1. The molecule has 1 aliphatic carbocycles. The van der Waals surface area contributed by atoms with Gasteiger partial charge < -0.3 is 20.1 Å². The summed E-state index contributed by atoms with van der Waals surface area (Å²) in [5.41, 5.74) is 1.31. The van der Waals surface area contributed by atoms with Crippen LogP contribution in [0.15, 0.2) is 24.3 Å². The summed E-state index contributed by atoms with van der Waals surface area (Å²) in [4.78, 5) is 25.1. The number of nitrogens with one attached hydrogen (secondary N) is 1. The van der Waals surface area contributed by atoms with Gasteiger partial charge in [0.1, 0.15) is 18.1 Å². The minimum Gasteiger partial charge on any atom is -0.508 e. The molecule has 0 radical (unpaired) electrons. The summed E-state index contributed by atoms with van der Waals surface area (Å²) in [6.07, 6.45) is 8.51. The van der Waals surface area contributed by atoms with Gasteiger partial charge in [0.15, 0.2) is 11.5 Å². The van der Waals surface area contributed by atoms with Gasteiger partial charge in [0.25, 0.3) is 5.91 Å². The van der Waals surface area contributed by atoms with Gasteiger partial charge in [-0.05, 0) is 56.9 Å². The highest BCUT2D eigenvalue weighted by Crippen LogP contribution is 2.27. The Morgan fingerprint density at radius 3 is 2.30 bits per heavy atom. The molecule has 1 aromatic heterocycles. The van der Waals surface area contributed by atoms with Gasteiger partial charge in [-0.15, -0.1) is 10.2 Å². The summed E-state index contributed by atoms with van der Waals surface area (Å²) >= 11 is 5.72. The first-order valence-electron chi connectivity index (χ1n) is 12.7. The van der Waals surface area contributed by atoms with Crippen LogP contribution in [0.1, 0.15) is 80.4 Å². The summed E-state index contributed by atoms with van der Waals surface area (Å²) in [5, 5.41) is 29.3. The van der Waals surface area contributed by atoms with Crippen molar-refractivity contribution in [3.63, 3.8) is 0 Å². The molecule has 2 N–H and O–H groups in total. The van der Waals surface area contributed by atoms with Crippen molar-refractivity contribution in [2.75, 3.05) is 18.0 Å². The molecule has 2 aliphatic rings. The van der Waals surface area contributed by atoms with Crippen LogP contribution < -0.4 is 10.2 Å². The molecular formula is C27H38ClN5O3S. The number of anilines is 1. The Labute approximate surface area is 231 Å². The molecule has 0 unspecified atom stereocenters. The zero-order valence-corrected chi connectivity index (χ0v) is 23.6. The molecule has 8 nitrogen and oxygen atoms in total. The fourth-order valence-electron chi connectivity index (χ4n) is 4.15. The zero-order chi connectivity index (χ0) is 26.5. The molecule has 0 spiro atoms. The number of phenols is 1. The van der Waals surface area contributed by atoms with E-state index in [-0.39, 0.29) is 37.1 Å². The number of nitrogens with zero attached hydrogens (tertiary/aromatic N) is 4. The van der Waals surface area contributed by atoms with Crippen molar-refractivity contribution in [2.45, 2.75) is 71.8 Å². The van der Waals surface area contributed by atoms with Gasteiger partial charge >= 0.3 is 0 Å². The molecule has 2 aromatic rings. The summed E-state index contributed by atoms with van der Waals surface area (Å²) in [6, 6.07) is 8.74. The van der Waals surface area contributed by atoms with E-state index in [1.54, 1.807) is 13.0 Å². The SMILES string of the molecule is CC.Cc1c(O)ccc(C#N)c1Cl.O=CC1CCN(c2ccc(C(=O)NC3CCCCC3)nn2)CC1.S. The number of halogens is 1. The van der Waals surface area contributed by atoms with Crippen LogP contribution in [-0.4, -0.2) is 46.6 Å². The largest absolute Gasteiger partial charge is 0.508 e. The number of amides is 1. The highest BCUT2D eigenvalue weighted by atomic mass is 35.5. The van der Waals surface area contributed by atoms with Gasteiger partial charge in [-0.1, -0.05) is 44.7 Å². The lowest BCUT2D eigenvalue weighted by molar-refractivity contribution is -0.111. The van der Waals surface area contributed by atoms with E-state index in [0.29, 0.717) is 21.8 Å². The number of nitriles is 1. The van der Waals surface area contributed by atoms with Gasteiger partial charge in [-0.2, -0.15) is 18.8 Å². The Bertz CT molecular complexity index is 1030. The molecule has 1 saturated carbocycles. The molecule has 2 heterocycles. The summed E-state index contributed by atoms with van der Waals surface area (Å²) in [6.45, 7) is 7.29. The Hall–Kier alpha value is -2.83. The first kappa shape index (κ1) is 32.2. The fourth-order valence-corrected chi connectivity index (χ4v) is 4.35. The van der Waals surface area contributed by atoms with E-state index in [1.165, 1.54) is 31.4 Å². The lowest BCUT2D eigenvalue weighted by Crippen LogP contribution is -2.37. The van der Waals surface area contributed by atoms with E-state index in [2.05, 4.69) is 20.4 Å². The molecule has 202 valence electrons. The number of carbonyl (C=O) groups is 2. The topological polar surface area (TPSA) is 119 Å². The molecule has 0 bridgehead atoms. The maximum atomic E-state index is 12.2. The molecule has 1 amide bonds. The molecule has 0 atom stereocenters. The van der Waals surface area contributed by atoms with Gasteiger partial charge in [-0.3, -0.25) is 4.79 Å². The Morgan fingerprint density at radius 1 is 1.11 bits per heavy atom. The van der Waals surface area contributed by atoms with Crippen molar-refractivity contribution in [1.29, 1.82) is 5.26 Å². The average Bonchev–Trinajstić information content (AvgIpc) is 2.94. The monoisotopic (exact) mass is 547 g/mol. The number of aromatic nitrogens is 2. The van der Waals surface area contributed by atoms with E-state index in [4.69, 9.17) is 22.0 Å². The average molecular weight is 548 g/mol. The summed E-state index contributed by atoms with van der Waals surface area (Å²) < 4.78 is 0. The number of hydrogen-bond donors (Lipinski definition) is 2. The lowest BCUT2D eigenvalue weighted by Gasteiger charge is -2.30. The van der Waals surface area contributed by atoms with Crippen molar-refractivity contribution in [3.8, 4) is 11.8 Å². The third-order valence-electron chi connectivity index (χ3n) is 6.36. The smallest absolute Gasteiger partial charge is 0.272 e. The summed E-state index contributed by atoms with van der Waals surface area (Å²) in [7, 11) is 0. The van der Waals surface area contributed by atoms with Gasteiger partial charge in [0.2, 0.25) is 0 Å². The first-order chi connectivity index (χ1) is 17.4. The van der Waals surface area contributed by atoms with E-state index < -0.39 is 0 Å². The number of piperidine rings is 1. The van der Waals surface area contributed by atoms with E-state index in [1.807, 2.05) is 26.0 Å². The molecule has 1 aromatic carbocycles. The first-order valence-corrected chi connectivity index (χ1v) is 13.0.